The van der Waals surface area contributed by atoms with E-state index in [1.807, 2.05) is 41.3 Å². The molecule has 1 atom stereocenters. The Bertz CT molecular complexity index is 1370. The third-order valence-electron chi connectivity index (χ3n) is 7.64. The Hall–Kier alpha value is -3.41. The van der Waals surface area contributed by atoms with Gasteiger partial charge in [0.2, 0.25) is 5.91 Å². The first-order valence-corrected chi connectivity index (χ1v) is 14.9. The van der Waals surface area contributed by atoms with Gasteiger partial charge in [0.1, 0.15) is 0 Å². The average Bonchev–Trinajstić information content (AvgIpc) is 3.34. The summed E-state index contributed by atoms with van der Waals surface area (Å²) >= 11 is 0. The van der Waals surface area contributed by atoms with Crippen LogP contribution in [0, 0.1) is 5.92 Å². The van der Waals surface area contributed by atoms with E-state index in [4.69, 9.17) is 0 Å². The molecule has 218 valence electrons. The van der Waals surface area contributed by atoms with E-state index in [1.54, 1.807) is 0 Å². The maximum Gasteiger partial charge on any atom is 0.237 e. The van der Waals surface area contributed by atoms with Crippen LogP contribution >= 0.6 is 0 Å². The molecule has 41 heavy (non-hydrogen) atoms. The van der Waals surface area contributed by atoms with Crippen LogP contribution in [-0.2, 0) is 29.6 Å². The summed E-state index contributed by atoms with van der Waals surface area (Å²) in [5.41, 5.74) is 5.95. The lowest BCUT2D eigenvalue weighted by atomic mass is 9.87. The van der Waals surface area contributed by atoms with Gasteiger partial charge in [-0.15, -0.1) is 0 Å². The number of carbonyl (C=O) groups is 1. The summed E-state index contributed by atoms with van der Waals surface area (Å²) in [6.07, 6.45) is 2.88. The van der Waals surface area contributed by atoms with Crippen LogP contribution in [0.1, 0.15) is 56.9 Å². The van der Waals surface area contributed by atoms with Gasteiger partial charge >= 0.3 is 0 Å². The van der Waals surface area contributed by atoms with Gasteiger partial charge in [-0.2, -0.15) is 0 Å². The number of hydrogen-bond donors (Lipinski definition) is 2. The molecule has 0 fully saturated rings. The van der Waals surface area contributed by atoms with Crippen molar-refractivity contribution >= 4 is 16.8 Å². The van der Waals surface area contributed by atoms with Gasteiger partial charge in [-0.25, -0.2) is 0 Å². The van der Waals surface area contributed by atoms with Gasteiger partial charge in [0.15, 0.2) is 0 Å². The van der Waals surface area contributed by atoms with E-state index in [2.05, 4.69) is 93.2 Å². The van der Waals surface area contributed by atoms with Crippen molar-refractivity contribution in [2.75, 3.05) is 26.2 Å². The summed E-state index contributed by atoms with van der Waals surface area (Å²) in [7, 11) is 0. The van der Waals surface area contributed by atoms with E-state index in [0.717, 1.165) is 29.6 Å². The van der Waals surface area contributed by atoms with Crippen LogP contribution in [0.4, 0.5) is 0 Å². The maximum absolute atomic E-state index is 13.9. The normalized spacial score (nSPS) is 12.8. The molecule has 0 aliphatic rings. The molecule has 5 heteroatoms. The summed E-state index contributed by atoms with van der Waals surface area (Å²) in [6.45, 7) is 13.7. The minimum Gasteiger partial charge on any atom is -0.391 e. The number of hydrogen-bond acceptors (Lipinski definition) is 3. The predicted molar refractivity (Wildman–Crippen MR) is 170 cm³/mol. The van der Waals surface area contributed by atoms with E-state index in [-0.39, 0.29) is 17.9 Å². The molecular formula is C36H47N3O2. The second-order valence-corrected chi connectivity index (χ2v) is 12.8. The Morgan fingerprint density at radius 3 is 2.24 bits per heavy atom. The van der Waals surface area contributed by atoms with Gasteiger partial charge in [-0.05, 0) is 52.5 Å². The SMILES string of the molecule is CC(C)CN(CC(=O)N(CCc1c[nH]c2ccccc12)Cc1ccc(C(C)(C)C)cc1)C[C@@H](O)Cc1ccccc1. The van der Waals surface area contributed by atoms with Crippen molar-refractivity contribution in [2.45, 2.75) is 65.5 Å². The summed E-state index contributed by atoms with van der Waals surface area (Å²) in [5.74, 6) is 0.480. The number of aliphatic hydroxyl groups excluding tert-OH is 1. The zero-order valence-electron chi connectivity index (χ0n) is 25.4. The van der Waals surface area contributed by atoms with Crippen LogP contribution < -0.4 is 0 Å². The molecule has 0 saturated carbocycles. The second kappa shape index (κ2) is 14.0. The number of aliphatic hydroxyl groups is 1. The number of benzene rings is 3. The molecule has 4 aromatic rings. The van der Waals surface area contributed by atoms with Gasteiger partial charge in [-0.1, -0.05) is 107 Å². The highest BCUT2D eigenvalue weighted by Gasteiger charge is 2.22. The number of amides is 1. The van der Waals surface area contributed by atoms with Crippen molar-refractivity contribution in [3.8, 4) is 0 Å². The summed E-state index contributed by atoms with van der Waals surface area (Å²) in [5, 5.41) is 12.1. The molecule has 2 N–H and O–H groups in total. The highest BCUT2D eigenvalue weighted by atomic mass is 16.3. The molecule has 3 aromatic carbocycles. The monoisotopic (exact) mass is 553 g/mol. The number of rotatable bonds is 13. The fourth-order valence-corrected chi connectivity index (χ4v) is 5.48. The first kappa shape index (κ1) is 30.5. The van der Waals surface area contributed by atoms with Crippen LogP contribution in [-0.4, -0.2) is 58.1 Å². The number of aromatic nitrogens is 1. The van der Waals surface area contributed by atoms with Gasteiger partial charge in [0, 0.05) is 43.3 Å². The van der Waals surface area contributed by atoms with Crippen LogP contribution in [0.25, 0.3) is 10.9 Å². The van der Waals surface area contributed by atoms with E-state index < -0.39 is 6.10 Å². The molecule has 0 aliphatic heterocycles. The van der Waals surface area contributed by atoms with Crippen LogP contribution in [0.2, 0.25) is 0 Å². The number of fused-ring (bicyclic) bond motifs is 1. The van der Waals surface area contributed by atoms with Crippen LogP contribution in [0.15, 0.2) is 85.1 Å². The van der Waals surface area contributed by atoms with Gasteiger partial charge in [0.25, 0.3) is 0 Å². The number of H-pyrrole nitrogens is 1. The quantitative estimate of drug-likeness (QED) is 0.196. The smallest absolute Gasteiger partial charge is 0.237 e. The average molecular weight is 554 g/mol. The van der Waals surface area contributed by atoms with E-state index >= 15 is 0 Å². The molecule has 0 bridgehead atoms. The first-order chi connectivity index (χ1) is 19.6. The lowest BCUT2D eigenvalue weighted by molar-refractivity contribution is -0.133. The molecule has 0 spiro atoms. The van der Waals surface area contributed by atoms with E-state index in [1.165, 1.54) is 16.5 Å². The highest BCUT2D eigenvalue weighted by molar-refractivity contribution is 5.83. The lowest BCUT2D eigenvalue weighted by Gasteiger charge is -2.30. The standard InChI is InChI=1S/C36H47N3O2/c1-27(2)23-38(25-32(40)21-28-11-7-6-8-12-28)26-35(41)39(24-29-15-17-31(18-16-29)36(3,4)5)20-19-30-22-37-34-14-10-9-13-33(30)34/h6-18,22,27,32,37,40H,19-21,23-26H2,1-5H3/t32-/m0/s1. The van der Waals surface area contributed by atoms with Crippen molar-refractivity contribution in [3.63, 3.8) is 0 Å². The summed E-state index contributed by atoms with van der Waals surface area (Å²) < 4.78 is 0. The maximum atomic E-state index is 13.9. The zero-order valence-corrected chi connectivity index (χ0v) is 25.4. The Labute approximate surface area is 246 Å². The van der Waals surface area contributed by atoms with Crippen LogP contribution in [0.3, 0.4) is 0 Å². The predicted octanol–water partition coefficient (Wildman–Crippen LogP) is 6.60. The minimum atomic E-state index is -0.534. The Balaban J connectivity index is 1.49. The molecule has 0 aliphatic carbocycles. The molecule has 1 amide bonds. The van der Waals surface area contributed by atoms with Gasteiger partial charge in [0.05, 0.1) is 12.6 Å². The molecule has 0 radical (unpaired) electrons. The number of para-hydroxylation sites is 1. The van der Waals surface area contributed by atoms with Crippen molar-refractivity contribution in [3.05, 3.63) is 107 Å². The topological polar surface area (TPSA) is 59.6 Å². The fraction of sp³-hybridized carbons (Fsp3) is 0.417. The molecule has 0 unspecified atom stereocenters. The van der Waals surface area contributed by atoms with Crippen molar-refractivity contribution in [2.24, 2.45) is 5.92 Å². The molecule has 1 heterocycles. The van der Waals surface area contributed by atoms with Crippen molar-refractivity contribution < 1.29 is 9.90 Å². The van der Waals surface area contributed by atoms with Gasteiger partial charge < -0.3 is 15.0 Å². The largest absolute Gasteiger partial charge is 0.391 e. The first-order valence-electron chi connectivity index (χ1n) is 14.9. The molecule has 4 rings (SSSR count). The van der Waals surface area contributed by atoms with Crippen molar-refractivity contribution in [1.82, 2.24) is 14.8 Å². The van der Waals surface area contributed by atoms with Crippen LogP contribution in [0.5, 0.6) is 0 Å². The summed E-state index contributed by atoms with van der Waals surface area (Å²) in [4.78, 5) is 21.4. The Kier molecular flexibility index (Phi) is 10.4. The van der Waals surface area contributed by atoms with Crippen molar-refractivity contribution in [1.29, 1.82) is 0 Å². The highest BCUT2D eigenvalue weighted by Crippen LogP contribution is 2.23. The third kappa shape index (κ3) is 9.04. The molecule has 5 nitrogen and oxygen atoms in total. The molecular weight excluding hydrogens is 506 g/mol. The Morgan fingerprint density at radius 2 is 1.56 bits per heavy atom. The number of nitrogens with one attached hydrogen (secondary N) is 1. The zero-order chi connectivity index (χ0) is 29.4. The third-order valence-corrected chi connectivity index (χ3v) is 7.64. The summed E-state index contributed by atoms with van der Waals surface area (Å²) in [6, 6.07) is 27.1. The molecule has 1 aromatic heterocycles. The fourth-order valence-electron chi connectivity index (χ4n) is 5.48. The number of aromatic amines is 1. The molecule has 0 saturated heterocycles. The second-order valence-electron chi connectivity index (χ2n) is 12.8. The lowest BCUT2D eigenvalue weighted by Crippen LogP contribution is -2.45. The van der Waals surface area contributed by atoms with E-state index in [0.29, 0.717) is 32.0 Å². The Morgan fingerprint density at radius 1 is 0.878 bits per heavy atom. The minimum absolute atomic E-state index is 0.0846. The van der Waals surface area contributed by atoms with E-state index in [9.17, 15) is 9.90 Å². The van der Waals surface area contributed by atoms with Gasteiger partial charge in [-0.3, -0.25) is 9.69 Å². The number of carbonyl (C=O) groups excluding carboxylic acids is 1. The number of nitrogens with zero attached hydrogens (tertiary/aromatic N) is 2.